The Morgan fingerprint density at radius 2 is 2.15 bits per heavy atom. The van der Waals surface area contributed by atoms with E-state index in [0.717, 1.165) is 5.39 Å². The number of H-pyrrole nitrogens is 2. The molecule has 3 rings (SSSR count). The normalized spacial score (nSPS) is 11.5. The minimum Gasteiger partial charge on any atom is -0.493 e. The molecule has 26 heavy (non-hydrogen) atoms. The summed E-state index contributed by atoms with van der Waals surface area (Å²) in [4.78, 5) is 28.5. The second-order valence-corrected chi connectivity index (χ2v) is 5.92. The topological polar surface area (TPSA) is 112 Å². The van der Waals surface area contributed by atoms with Crippen molar-refractivity contribution in [3.05, 3.63) is 56.9 Å². The highest BCUT2D eigenvalue weighted by atomic mass is 32.1. The maximum atomic E-state index is 12.0. The first-order chi connectivity index (χ1) is 12.5. The number of hydrogen-bond donors (Lipinski definition) is 3. The maximum Gasteiger partial charge on any atom is 0.251 e. The van der Waals surface area contributed by atoms with E-state index in [0.29, 0.717) is 28.5 Å². The van der Waals surface area contributed by atoms with Gasteiger partial charge in [-0.25, -0.2) is 5.43 Å². The molecule has 0 fully saturated rings. The molecule has 2 heterocycles. The SMILES string of the molecule is COc1cccc2cc(/C(C)=N\NC(=O)Cc3cc(=O)[nH]c(=S)[nH]3)oc12. The van der Waals surface area contributed by atoms with Gasteiger partial charge in [0.1, 0.15) is 5.71 Å². The van der Waals surface area contributed by atoms with E-state index in [4.69, 9.17) is 21.4 Å². The number of carbonyl (C=O) groups is 1. The van der Waals surface area contributed by atoms with Gasteiger partial charge in [0.2, 0.25) is 5.91 Å². The van der Waals surface area contributed by atoms with Crippen LogP contribution in [0.15, 0.2) is 44.6 Å². The van der Waals surface area contributed by atoms with Gasteiger partial charge in [-0.15, -0.1) is 0 Å². The van der Waals surface area contributed by atoms with Gasteiger partial charge >= 0.3 is 0 Å². The number of nitrogens with zero attached hydrogens (tertiary/aromatic N) is 1. The molecule has 3 N–H and O–H groups in total. The van der Waals surface area contributed by atoms with Gasteiger partial charge in [0.15, 0.2) is 21.9 Å². The van der Waals surface area contributed by atoms with E-state index in [1.165, 1.54) is 6.07 Å². The van der Waals surface area contributed by atoms with Crippen LogP contribution in [0.2, 0.25) is 0 Å². The summed E-state index contributed by atoms with van der Waals surface area (Å²) in [6, 6.07) is 8.65. The number of carbonyl (C=O) groups excluding carboxylic acids is 1. The van der Waals surface area contributed by atoms with Crippen molar-refractivity contribution in [2.45, 2.75) is 13.3 Å². The monoisotopic (exact) mass is 372 g/mol. The number of methoxy groups -OCH3 is 1. The highest BCUT2D eigenvalue weighted by molar-refractivity contribution is 7.71. The van der Waals surface area contributed by atoms with Gasteiger partial charge in [0.05, 0.1) is 13.5 Å². The van der Waals surface area contributed by atoms with Gasteiger partial charge in [-0.1, -0.05) is 12.1 Å². The Labute approximate surface area is 152 Å². The number of hydrazone groups is 1. The molecule has 0 aliphatic heterocycles. The molecule has 2 aromatic heterocycles. The molecule has 8 nitrogen and oxygen atoms in total. The zero-order valence-corrected chi connectivity index (χ0v) is 14.9. The van der Waals surface area contributed by atoms with Gasteiger partial charge < -0.3 is 14.1 Å². The van der Waals surface area contributed by atoms with E-state index in [1.807, 2.05) is 18.2 Å². The van der Waals surface area contributed by atoms with E-state index < -0.39 is 5.91 Å². The lowest BCUT2D eigenvalue weighted by atomic mass is 10.2. The number of para-hydroxylation sites is 1. The summed E-state index contributed by atoms with van der Waals surface area (Å²) >= 11 is 4.87. The molecule has 0 saturated heterocycles. The van der Waals surface area contributed by atoms with Gasteiger partial charge in [-0.05, 0) is 31.3 Å². The molecule has 0 spiro atoms. The quantitative estimate of drug-likeness (QED) is 0.361. The molecular weight excluding hydrogens is 356 g/mol. The molecule has 134 valence electrons. The summed E-state index contributed by atoms with van der Waals surface area (Å²) in [5, 5.41) is 4.91. The minimum absolute atomic E-state index is 0.0572. The van der Waals surface area contributed by atoms with Crippen LogP contribution in [-0.2, 0) is 11.2 Å². The third-order valence-electron chi connectivity index (χ3n) is 3.60. The number of benzene rings is 1. The van der Waals surface area contributed by atoms with Gasteiger partial charge in [0, 0.05) is 17.1 Å². The first-order valence-electron chi connectivity index (χ1n) is 7.69. The van der Waals surface area contributed by atoms with Crippen molar-refractivity contribution in [1.82, 2.24) is 15.4 Å². The van der Waals surface area contributed by atoms with Crippen LogP contribution >= 0.6 is 12.2 Å². The Bertz CT molecular complexity index is 1080. The highest BCUT2D eigenvalue weighted by Crippen LogP contribution is 2.28. The summed E-state index contributed by atoms with van der Waals surface area (Å²) < 4.78 is 11.2. The number of hydrogen-bond acceptors (Lipinski definition) is 6. The Balaban J connectivity index is 1.74. The molecular formula is C17H16N4O4S. The number of ether oxygens (including phenoxy) is 1. The number of nitrogens with one attached hydrogen (secondary N) is 3. The fraction of sp³-hybridized carbons (Fsp3) is 0.176. The van der Waals surface area contributed by atoms with Crippen molar-refractivity contribution >= 4 is 34.8 Å². The highest BCUT2D eigenvalue weighted by Gasteiger charge is 2.11. The molecule has 0 saturated carbocycles. The Hall–Kier alpha value is -3.20. The summed E-state index contributed by atoms with van der Waals surface area (Å²) in [5.41, 5.74) is 3.57. The predicted octanol–water partition coefficient (Wildman–Crippen LogP) is 2.27. The molecule has 0 radical (unpaired) electrons. The molecule has 1 amide bonds. The summed E-state index contributed by atoms with van der Waals surface area (Å²) in [7, 11) is 1.57. The van der Waals surface area contributed by atoms with Crippen LogP contribution in [0.1, 0.15) is 18.4 Å². The van der Waals surface area contributed by atoms with Crippen molar-refractivity contribution < 1.29 is 13.9 Å². The Kier molecular flexibility index (Phi) is 4.99. The van der Waals surface area contributed by atoms with Crippen LogP contribution in [0.3, 0.4) is 0 Å². The average molecular weight is 372 g/mol. The lowest BCUT2D eigenvalue weighted by molar-refractivity contribution is -0.120. The van der Waals surface area contributed by atoms with Crippen LogP contribution in [0, 0.1) is 4.77 Å². The van der Waals surface area contributed by atoms with E-state index in [2.05, 4.69) is 20.5 Å². The molecule has 0 bridgehead atoms. The molecule has 9 heteroatoms. The fourth-order valence-electron chi connectivity index (χ4n) is 2.40. The molecule has 0 unspecified atom stereocenters. The zero-order valence-electron chi connectivity index (χ0n) is 14.1. The first-order valence-corrected chi connectivity index (χ1v) is 8.09. The second-order valence-electron chi connectivity index (χ2n) is 5.51. The van der Waals surface area contributed by atoms with E-state index in [1.54, 1.807) is 20.1 Å². The van der Waals surface area contributed by atoms with Crippen molar-refractivity contribution in [2.24, 2.45) is 5.10 Å². The van der Waals surface area contributed by atoms with Crippen molar-refractivity contribution in [3.63, 3.8) is 0 Å². The minimum atomic E-state index is -0.394. The summed E-state index contributed by atoms with van der Waals surface area (Å²) in [5.74, 6) is 0.741. The Morgan fingerprint density at radius 3 is 2.88 bits per heavy atom. The Morgan fingerprint density at radius 1 is 1.35 bits per heavy atom. The van der Waals surface area contributed by atoms with Gasteiger partial charge in [-0.3, -0.25) is 14.6 Å². The summed E-state index contributed by atoms with van der Waals surface area (Å²) in [6.07, 6.45) is -0.0572. The molecule has 0 atom stereocenters. The molecule has 0 aliphatic carbocycles. The molecule has 3 aromatic rings. The average Bonchev–Trinajstić information content (AvgIpc) is 3.03. The van der Waals surface area contributed by atoms with Crippen LogP contribution in [0.25, 0.3) is 11.0 Å². The number of aromatic nitrogens is 2. The number of furan rings is 1. The lowest BCUT2D eigenvalue weighted by Crippen LogP contribution is -2.22. The molecule has 1 aromatic carbocycles. The summed E-state index contributed by atoms with van der Waals surface area (Å²) in [6.45, 7) is 1.71. The van der Waals surface area contributed by atoms with Gasteiger partial charge in [-0.2, -0.15) is 5.10 Å². The number of aromatic amines is 2. The third kappa shape index (κ3) is 3.89. The second kappa shape index (κ2) is 7.36. The largest absolute Gasteiger partial charge is 0.493 e. The van der Waals surface area contributed by atoms with Crippen molar-refractivity contribution in [3.8, 4) is 5.75 Å². The fourth-order valence-corrected chi connectivity index (χ4v) is 2.64. The predicted molar refractivity (Wildman–Crippen MR) is 99.1 cm³/mol. The van der Waals surface area contributed by atoms with E-state index in [-0.39, 0.29) is 16.8 Å². The number of fused-ring (bicyclic) bond motifs is 1. The maximum absolute atomic E-state index is 12.0. The molecule has 0 aliphatic rings. The van der Waals surface area contributed by atoms with Gasteiger partial charge in [0.25, 0.3) is 5.56 Å². The van der Waals surface area contributed by atoms with Crippen LogP contribution in [0.5, 0.6) is 5.75 Å². The smallest absolute Gasteiger partial charge is 0.251 e. The number of amides is 1. The van der Waals surface area contributed by atoms with Crippen LogP contribution in [0.4, 0.5) is 0 Å². The standard InChI is InChI=1S/C17H16N4O4S/c1-9(13-6-10-4-3-5-12(24-2)16(10)25-13)20-21-15(23)8-11-7-14(22)19-17(26)18-11/h3-7H,8H2,1-2H3,(H,21,23)(H2,18,19,22,26)/b20-9-. The van der Waals surface area contributed by atoms with Crippen molar-refractivity contribution in [2.75, 3.05) is 7.11 Å². The van der Waals surface area contributed by atoms with E-state index in [9.17, 15) is 9.59 Å². The van der Waals surface area contributed by atoms with Crippen molar-refractivity contribution in [1.29, 1.82) is 0 Å². The van der Waals surface area contributed by atoms with E-state index >= 15 is 0 Å². The third-order valence-corrected chi connectivity index (χ3v) is 3.80. The number of rotatable bonds is 5. The lowest BCUT2D eigenvalue weighted by Gasteiger charge is -2.02. The van der Waals surface area contributed by atoms with Crippen LogP contribution < -0.4 is 15.7 Å². The van der Waals surface area contributed by atoms with Crippen LogP contribution in [-0.4, -0.2) is 28.7 Å². The zero-order chi connectivity index (χ0) is 18.7. The first kappa shape index (κ1) is 17.6.